The van der Waals surface area contributed by atoms with Gasteiger partial charge in [-0.2, -0.15) is 10.4 Å². The summed E-state index contributed by atoms with van der Waals surface area (Å²) >= 11 is 0. The average Bonchev–Trinajstić information content (AvgIpc) is 3.73. The highest BCUT2D eigenvalue weighted by molar-refractivity contribution is 7.91. The fourth-order valence-electron chi connectivity index (χ4n) is 7.03. The van der Waals surface area contributed by atoms with Gasteiger partial charge in [-0.3, -0.25) is 9.48 Å². The van der Waals surface area contributed by atoms with E-state index >= 15 is 8.78 Å². The van der Waals surface area contributed by atoms with Crippen LogP contribution in [0.15, 0.2) is 67.0 Å². The van der Waals surface area contributed by atoms with Crippen molar-refractivity contribution in [2.75, 3.05) is 18.1 Å². The Hall–Kier alpha value is -5.02. The second-order valence-corrected chi connectivity index (χ2v) is 16.0. The van der Waals surface area contributed by atoms with Gasteiger partial charge in [0, 0.05) is 40.7 Å². The van der Waals surface area contributed by atoms with Gasteiger partial charge in [-0.25, -0.2) is 17.2 Å². The molecule has 0 fully saturated rings. The van der Waals surface area contributed by atoms with Crippen LogP contribution >= 0.6 is 0 Å². The van der Waals surface area contributed by atoms with Crippen molar-refractivity contribution in [3.8, 4) is 28.8 Å². The minimum absolute atomic E-state index is 0.00778. The molecule has 266 valence electrons. The lowest BCUT2D eigenvalue weighted by molar-refractivity contribution is -0.143. The van der Waals surface area contributed by atoms with Crippen LogP contribution in [0.4, 0.5) is 8.78 Å². The highest BCUT2D eigenvalue weighted by atomic mass is 32.2. The second kappa shape index (κ2) is 14.7. The second-order valence-electron chi connectivity index (χ2n) is 13.8. The Morgan fingerprint density at radius 1 is 1.16 bits per heavy atom. The van der Waals surface area contributed by atoms with Gasteiger partial charge in [0.1, 0.15) is 17.6 Å². The number of ether oxygens (including phenoxy) is 2. The smallest absolute Gasteiger partial charge is 0.306 e. The summed E-state index contributed by atoms with van der Waals surface area (Å²) in [6.45, 7) is 5.88. The Morgan fingerprint density at radius 2 is 1.98 bits per heavy atom. The molecule has 0 amide bonds. The Kier molecular flexibility index (Phi) is 10.3. The number of nitrogens with one attached hydrogen (secondary N) is 1. The Balaban J connectivity index is 1.50. The average molecular weight is 715 g/mol. The Bertz CT molecular complexity index is 2240. The van der Waals surface area contributed by atoms with Gasteiger partial charge in [-0.1, -0.05) is 44.5 Å². The van der Waals surface area contributed by atoms with E-state index in [0.717, 1.165) is 11.1 Å². The first-order chi connectivity index (χ1) is 24.4. The third kappa shape index (κ3) is 7.99. The maximum Gasteiger partial charge on any atom is 0.306 e. The molecule has 3 aromatic carbocycles. The van der Waals surface area contributed by atoms with Gasteiger partial charge in [-0.05, 0) is 73.4 Å². The zero-order valence-corrected chi connectivity index (χ0v) is 29.7. The monoisotopic (exact) mass is 714 g/mol. The normalized spacial score (nSPS) is 17.4. The number of benzene rings is 3. The van der Waals surface area contributed by atoms with E-state index in [1.165, 1.54) is 30.5 Å². The number of halogens is 2. The van der Waals surface area contributed by atoms with Crippen molar-refractivity contribution in [2.24, 2.45) is 5.41 Å². The Labute approximate surface area is 296 Å². The first-order valence-corrected chi connectivity index (χ1v) is 18.9. The van der Waals surface area contributed by atoms with Gasteiger partial charge < -0.3 is 14.5 Å². The maximum atomic E-state index is 15.9. The van der Waals surface area contributed by atoms with Crippen molar-refractivity contribution >= 4 is 26.7 Å². The molecule has 51 heavy (non-hydrogen) atoms. The number of sulfone groups is 1. The number of hydrogen-bond donors (Lipinski definition) is 1. The van der Waals surface area contributed by atoms with Gasteiger partial charge in [0.2, 0.25) is 0 Å². The number of carbonyl (C=O) groups excluding carboxylic acids is 1. The number of nitrogens with zero attached hydrogens (tertiary/aromatic N) is 3. The van der Waals surface area contributed by atoms with Crippen LogP contribution in [-0.4, -0.2) is 47.3 Å². The molecule has 0 saturated carbocycles. The van der Waals surface area contributed by atoms with E-state index in [4.69, 9.17) is 9.47 Å². The summed E-state index contributed by atoms with van der Waals surface area (Å²) in [5, 5.41) is 15.4. The molecule has 5 aromatic rings. The van der Waals surface area contributed by atoms with E-state index in [1.807, 2.05) is 38.1 Å². The van der Waals surface area contributed by atoms with Crippen molar-refractivity contribution in [3.05, 3.63) is 101 Å². The number of H-pyrrole nitrogens is 1. The van der Waals surface area contributed by atoms with E-state index in [0.29, 0.717) is 48.8 Å². The molecule has 1 aliphatic heterocycles. The van der Waals surface area contributed by atoms with Crippen molar-refractivity contribution < 1.29 is 31.5 Å². The lowest BCUT2D eigenvalue weighted by Crippen LogP contribution is -2.27. The van der Waals surface area contributed by atoms with Crippen molar-refractivity contribution in [1.29, 1.82) is 5.26 Å². The number of rotatable bonds is 5. The molecule has 0 spiro atoms. The van der Waals surface area contributed by atoms with E-state index in [2.05, 4.69) is 16.2 Å². The van der Waals surface area contributed by atoms with Gasteiger partial charge in [-0.15, -0.1) is 0 Å². The number of aromatic nitrogens is 3. The van der Waals surface area contributed by atoms with Crippen molar-refractivity contribution in [1.82, 2.24) is 14.8 Å². The van der Waals surface area contributed by atoms with E-state index in [-0.39, 0.29) is 58.6 Å². The van der Waals surface area contributed by atoms with Crippen molar-refractivity contribution in [2.45, 2.75) is 65.3 Å². The number of aryl methyl sites for hydroxylation is 2. The number of carbonyl (C=O) groups is 1. The molecule has 1 aliphatic rings. The number of nitriles is 1. The molecule has 6 rings (SSSR count). The molecule has 12 heteroatoms. The molecule has 2 aromatic heterocycles. The first kappa shape index (κ1) is 35.8. The van der Waals surface area contributed by atoms with Gasteiger partial charge >= 0.3 is 5.97 Å². The predicted octanol–water partition coefficient (Wildman–Crippen LogP) is 8.23. The molecule has 1 unspecified atom stereocenters. The highest BCUT2D eigenvalue weighted by Crippen LogP contribution is 2.40. The van der Waals surface area contributed by atoms with Crippen LogP contribution in [-0.2, 0) is 32.2 Å². The highest BCUT2D eigenvalue weighted by Gasteiger charge is 2.30. The van der Waals surface area contributed by atoms with Crippen LogP contribution < -0.4 is 4.74 Å². The van der Waals surface area contributed by atoms with Gasteiger partial charge in [0.25, 0.3) is 0 Å². The third-order valence-electron chi connectivity index (χ3n) is 9.35. The molecule has 0 aliphatic carbocycles. The number of esters is 1. The summed E-state index contributed by atoms with van der Waals surface area (Å²) in [7, 11) is -3.60. The lowest BCUT2D eigenvalue weighted by Gasteiger charge is -2.27. The Morgan fingerprint density at radius 3 is 2.76 bits per heavy atom. The molecule has 1 atom stereocenters. The SMILES string of the molecule is CCOC(=O)CCc1cccc(C2CCCC(C)(C)CS(=O)(=O)CCc3c(c(F)cc4[nH]ccc34)Oc3ccc(F)c(c3)-c3c(C#N)cnn32)c1. The summed E-state index contributed by atoms with van der Waals surface area (Å²) < 4.78 is 71.7. The van der Waals surface area contributed by atoms with Crippen LogP contribution in [0.1, 0.15) is 74.8 Å². The molecular formula is C39H40F2N4O5S. The van der Waals surface area contributed by atoms with E-state index in [1.54, 1.807) is 23.9 Å². The fourth-order valence-corrected chi connectivity index (χ4v) is 9.03. The molecule has 2 bridgehead atoms. The van der Waals surface area contributed by atoms with Crippen LogP contribution in [0.2, 0.25) is 0 Å². The summed E-state index contributed by atoms with van der Waals surface area (Å²) in [6, 6.07) is 16.4. The molecule has 3 heterocycles. The first-order valence-electron chi connectivity index (χ1n) is 17.1. The van der Waals surface area contributed by atoms with E-state index in [9.17, 15) is 18.5 Å². The summed E-state index contributed by atoms with van der Waals surface area (Å²) in [6.07, 6.45) is 5.33. The fraction of sp³-hybridized carbons (Fsp3) is 0.359. The summed E-state index contributed by atoms with van der Waals surface area (Å²) in [4.78, 5) is 15.1. The standard InChI is InChI=1S/C39H40F2N4O5S/c1-4-49-36(46)13-10-25-7-5-8-26(19-25)35-9-6-16-39(2,3)24-51(47,48)18-15-30-29-14-17-43-34(29)21-33(41)38(30)50-28-11-12-32(40)31(20-28)37-27(22-42)23-44-45(35)37/h5,7-8,11-12,14,17,19-21,23,35,43H,4,6,9-10,13,15-16,18,24H2,1-3H3. The zero-order valence-electron chi connectivity index (χ0n) is 28.8. The number of aromatic amines is 1. The van der Waals surface area contributed by atoms with Crippen LogP contribution in [0.5, 0.6) is 11.5 Å². The lowest BCUT2D eigenvalue weighted by atomic mass is 9.87. The molecule has 0 radical (unpaired) electrons. The molecular weight excluding hydrogens is 675 g/mol. The van der Waals surface area contributed by atoms with Crippen molar-refractivity contribution in [3.63, 3.8) is 0 Å². The van der Waals surface area contributed by atoms with Crippen LogP contribution in [0, 0.1) is 28.4 Å². The van der Waals surface area contributed by atoms with Crippen LogP contribution in [0.25, 0.3) is 22.2 Å². The van der Waals surface area contributed by atoms with E-state index < -0.39 is 32.9 Å². The zero-order chi connectivity index (χ0) is 36.3. The van der Waals surface area contributed by atoms with Gasteiger partial charge in [0.05, 0.1) is 41.6 Å². The van der Waals surface area contributed by atoms with Crippen LogP contribution in [0.3, 0.4) is 0 Å². The largest absolute Gasteiger partial charge is 0.466 e. The number of hydrogen-bond acceptors (Lipinski definition) is 7. The minimum Gasteiger partial charge on any atom is -0.466 e. The molecule has 0 saturated heterocycles. The molecule has 1 N–H and O–H groups in total. The molecule has 9 nitrogen and oxygen atoms in total. The predicted molar refractivity (Wildman–Crippen MR) is 190 cm³/mol. The summed E-state index contributed by atoms with van der Waals surface area (Å²) in [5.41, 5.74) is 2.41. The van der Waals surface area contributed by atoms with Gasteiger partial charge in [0.15, 0.2) is 21.4 Å². The maximum absolute atomic E-state index is 15.9. The topological polar surface area (TPSA) is 127 Å². The summed E-state index contributed by atoms with van der Waals surface area (Å²) in [5.74, 6) is -1.97. The quantitative estimate of drug-likeness (QED) is 0.182. The number of fused-ring (bicyclic) bond motifs is 7. The minimum atomic E-state index is -3.60. The third-order valence-corrected chi connectivity index (χ3v) is 11.4.